The number of halogens is 5. The maximum Gasteiger partial charge on any atom is 0.319 e. The zero-order valence-corrected chi connectivity index (χ0v) is 27.0. The Hall–Kier alpha value is -3.67. The Kier molecular flexibility index (Phi) is 8.42. The molecule has 0 saturated carbocycles. The van der Waals surface area contributed by atoms with E-state index in [9.17, 15) is 13.9 Å². The molecular weight excluding hydrogens is 634 g/mol. The molecule has 1 aromatic heterocycles. The standard InChI is InChI=1S/C35H36ClF4N5O2/c1-19(2)28-26(37)6-5-20-13-22(46)15-23(29(20)28)30-25(36)16-24-32(31(30)40)42-34(47-18-35-7-3-10-45(35)11-4-8-35)43-33(24)44-12-9-41-21(17-44)14-27(38)39/h5-6,13-16,19,21,41,46H,3-4,7-12,17-18H2,1-2H3. The van der Waals surface area contributed by atoms with E-state index in [2.05, 4.69) is 15.2 Å². The van der Waals surface area contributed by atoms with Crippen molar-refractivity contribution in [3.63, 3.8) is 0 Å². The van der Waals surface area contributed by atoms with Crippen molar-refractivity contribution in [1.82, 2.24) is 20.2 Å². The van der Waals surface area contributed by atoms with Gasteiger partial charge >= 0.3 is 6.01 Å². The molecule has 3 saturated heterocycles. The number of hydrogen-bond acceptors (Lipinski definition) is 7. The third-order valence-corrected chi connectivity index (χ3v) is 10.2. The molecule has 0 bridgehead atoms. The summed E-state index contributed by atoms with van der Waals surface area (Å²) < 4.78 is 65.1. The van der Waals surface area contributed by atoms with Crippen LogP contribution in [0.4, 0.5) is 23.4 Å². The summed E-state index contributed by atoms with van der Waals surface area (Å²) in [4.78, 5) is 13.5. The highest BCUT2D eigenvalue weighted by molar-refractivity contribution is 6.35. The first kappa shape index (κ1) is 31.9. The molecule has 0 spiro atoms. The summed E-state index contributed by atoms with van der Waals surface area (Å²) in [6, 6.07) is 6.64. The molecule has 1 atom stereocenters. The van der Waals surface area contributed by atoms with Crippen molar-refractivity contribution in [1.29, 1.82) is 0 Å². The molecule has 7 nitrogen and oxygen atoms in total. The number of fused-ring (bicyclic) bond motifs is 3. The van der Waals surface area contributed by atoms with E-state index in [0.717, 1.165) is 44.8 Å². The van der Waals surface area contributed by atoms with E-state index in [1.165, 1.54) is 18.2 Å². The van der Waals surface area contributed by atoms with Crippen LogP contribution in [0, 0.1) is 11.6 Å². The SMILES string of the molecule is CC(C)c1c(F)ccc2cc(O)cc(-c3c(Cl)cc4c(N5CCNC(C=C(F)F)C5)nc(OCC56CCCN5CCC6)nc4c3F)c12. The average molecular weight is 670 g/mol. The van der Waals surface area contributed by atoms with Gasteiger partial charge in [-0.25, -0.2) is 8.78 Å². The van der Waals surface area contributed by atoms with Crippen LogP contribution in [0.25, 0.3) is 32.8 Å². The Morgan fingerprint density at radius 3 is 2.62 bits per heavy atom. The van der Waals surface area contributed by atoms with Crippen molar-refractivity contribution < 1.29 is 27.4 Å². The molecule has 0 radical (unpaired) electrons. The number of nitrogens with one attached hydrogen (secondary N) is 1. The number of hydrogen-bond donors (Lipinski definition) is 2. The fraction of sp³-hybridized carbons (Fsp3) is 0.429. The normalized spacial score (nSPS) is 19.6. The van der Waals surface area contributed by atoms with Crippen molar-refractivity contribution in [2.24, 2.45) is 0 Å². The first-order valence-electron chi connectivity index (χ1n) is 16.1. The third kappa shape index (κ3) is 5.76. The molecule has 12 heteroatoms. The van der Waals surface area contributed by atoms with Gasteiger partial charge in [0, 0.05) is 36.6 Å². The Labute approximate surface area is 275 Å². The smallest absolute Gasteiger partial charge is 0.319 e. The summed E-state index contributed by atoms with van der Waals surface area (Å²) in [6.45, 7) is 6.98. The second-order valence-corrected chi connectivity index (χ2v) is 13.6. The Morgan fingerprint density at radius 1 is 1.13 bits per heavy atom. The van der Waals surface area contributed by atoms with Crippen LogP contribution in [0.5, 0.6) is 11.8 Å². The van der Waals surface area contributed by atoms with Gasteiger partial charge < -0.3 is 20.1 Å². The van der Waals surface area contributed by atoms with Gasteiger partial charge in [-0.3, -0.25) is 4.90 Å². The van der Waals surface area contributed by atoms with Crippen molar-refractivity contribution in [2.75, 3.05) is 44.2 Å². The number of phenols is 1. The number of aromatic hydroxyl groups is 1. The zero-order chi connectivity index (χ0) is 33.0. The highest BCUT2D eigenvalue weighted by atomic mass is 35.5. The van der Waals surface area contributed by atoms with Gasteiger partial charge in [-0.2, -0.15) is 18.7 Å². The van der Waals surface area contributed by atoms with Crippen LogP contribution in [-0.4, -0.2) is 70.9 Å². The van der Waals surface area contributed by atoms with E-state index in [0.29, 0.717) is 41.9 Å². The monoisotopic (exact) mass is 669 g/mol. The van der Waals surface area contributed by atoms with E-state index >= 15 is 8.78 Å². The van der Waals surface area contributed by atoms with Crippen molar-refractivity contribution in [3.8, 4) is 22.9 Å². The molecular formula is C35H36ClF4N5O2. The lowest BCUT2D eigenvalue weighted by molar-refractivity contribution is 0.108. The number of benzene rings is 3. The summed E-state index contributed by atoms with van der Waals surface area (Å²) in [5.74, 6) is -1.30. The molecule has 1 unspecified atom stereocenters. The molecule has 3 aliphatic heterocycles. The molecule has 0 amide bonds. The first-order valence-corrected chi connectivity index (χ1v) is 16.5. The molecule has 0 aliphatic carbocycles. The van der Waals surface area contributed by atoms with E-state index in [-0.39, 0.29) is 56.8 Å². The van der Waals surface area contributed by atoms with Crippen molar-refractivity contribution in [3.05, 3.63) is 64.7 Å². The molecule has 3 aliphatic rings. The second-order valence-electron chi connectivity index (χ2n) is 13.2. The van der Waals surface area contributed by atoms with E-state index in [4.69, 9.17) is 21.3 Å². The number of piperazine rings is 1. The Balaban J connectivity index is 1.41. The van der Waals surface area contributed by atoms with E-state index < -0.39 is 23.8 Å². The zero-order valence-electron chi connectivity index (χ0n) is 26.2. The van der Waals surface area contributed by atoms with Crippen molar-refractivity contribution in [2.45, 2.75) is 57.0 Å². The maximum absolute atomic E-state index is 17.1. The van der Waals surface area contributed by atoms with Crippen LogP contribution >= 0.6 is 11.6 Å². The highest BCUT2D eigenvalue weighted by Gasteiger charge is 2.45. The minimum Gasteiger partial charge on any atom is -0.508 e. The van der Waals surface area contributed by atoms with Crippen LogP contribution in [0.3, 0.4) is 0 Å². The number of ether oxygens (including phenoxy) is 1. The quantitative estimate of drug-likeness (QED) is 0.195. The fourth-order valence-electron chi connectivity index (χ4n) is 7.82. The summed E-state index contributed by atoms with van der Waals surface area (Å²) in [7, 11) is 0. The number of aromatic nitrogens is 2. The topological polar surface area (TPSA) is 73.8 Å². The lowest BCUT2D eigenvalue weighted by atomic mass is 9.88. The summed E-state index contributed by atoms with van der Waals surface area (Å²) in [6.07, 6.45) is 3.17. The largest absolute Gasteiger partial charge is 0.508 e. The minimum absolute atomic E-state index is 0.00668. The molecule has 3 aromatic carbocycles. The minimum atomic E-state index is -1.80. The summed E-state index contributed by atoms with van der Waals surface area (Å²) >= 11 is 6.88. The van der Waals surface area contributed by atoms with Gasteiger partial charge in [0.2, 0.25) is 0 Å². The van der Waals surface area contributed by atoms with Gasteiger partial charge in [0.05, 0.1) is 10.6 Å². The van der Waals surface area contributed by atoms with Gasteiger partial charge in [-0.1, -0.05) is 31.5 Å². The van der Waals surface area contributed by atoms with Crippen LogP contribution in [0.1, 0.15) is 51.0 Å². The summed E-state index contributed by atoms with van der Waals surface area (Å²) in [5, 5.41) is 15.0. The van der Waals surface area contributed by atoms with Crippen LogP contribution in [0.15, 0.2) is 42.5 Å². The maximum atomic E-state index is 17.1. The lowest BCUT2D eigenvalue weighted by Crippen LogP contribution is -2.50. The van der Waals surface area contributed by atoms with Crippen LogP contribution in [0.2, 0.25) is 5.02 Å². The van der Waals surface area contributed by atoms with Gasteiger partial charge in [0.1, 0.15) is 29.5 Å². The molecule has 4 heterocycles. The molecule has 3 fully saturated rings. The lowest BCUT2D eigenvalue weighted by Gasteiger charge is -2.34. The summed E-state index contributed by atoms with van der Waals surface area (Å²) in [5.41, 5.74) is 0.367. The predicted octanol–water partition coefficient (Wildman–Crippen LogP) is 7.78. The highest BCUT2D eigenvalue weighted by Crippen LogP contribution is 2.45. The molecule has 2 N–H and O–H groups in total. The van der Waals surface area contributed by atoms with Crippen LogP contribution in [-0.2, 0) is 0 Å². The molecule has 4 aromatic rings. The predicted molar refractivity (Wildman–Crippen MR) is 176 cm³/mol. The Morgan fingerprint density at radius 2 is 1.89 bits per heavy atom. The molecule has 47 heavy (non-hydrogen) atoms. The first-order chi connectivity index (χ1) is 22.5. The van der Waals surface area contributed by atoms with Gasteiger partial charge in [0.15, 0.2) is 5.82 Å². The van der Waals surface area contributed by atoms with Gasteiger partial charge in [-0.05, 0) is 96.9 Å². The fourth-order valence-corrected chi connectivity index (χ4v) is 8.11. The third-order valence-electron chi connectivity index (χ3n) is 9.89. The Bertz CT molecular complexity index is 1890. The van der Waals surface area contributed by atoms with Gasteiger partial charge in [-0.15, -0.1) is 0 Å². The molecule has 248 valence electrons. The van der Waals surface area contributed by atoms with Crippen LogP contribution < -0.4 is 15.0 Å². The van der Waals surface area contributed by atoms with Gasteiger partial charge in [0.25, 0.3) is 6.08 Å². The number of anilines is 1. The van der Waals surface area contributed by atoms with Crippen molar-refractivity contribution >= 4 is 39.1 Å². The second kappa shape index (κ2) is 12.4. The van der Waals surface area contributed by atoms with E-state index in [1.807, 2.05) is 13.8 Å². The molecule has 7 rings (SSSR count). The average Bonchev–Trinajstić information content (AvgIpc) is 3.60. The number of phenolic OH excluding ortho intramolecular Hbond substituents is 1. The van der Waals surface area contributed by atoms with E-state index in [1.54, 1.807) is 17.0 Å². The number of nitrogens with zero attached hydrogens (tertiary/aromatic N) is 4. The number of rotatable bonds is 7.